The van der Waals surface area contributed by atoms with Crippen LogP contribution in [0.4, 0.5) is 5.69 Å². The molecule has 1 N–H and O–H groups in total. The summed E-state index contributed by atoms with van der Waals surface area (Å²) >= 11 is 9.60. The third-order valence-electron chi connectivity index (χ3n) is 2.67. The molecule has 0 saturated carbocycles. The molecule has 0 spiro atoms. The number of nitrogens with one attached hydrogen (secondary N) is 1. The van der Waals surface area contributed by atoms with Gasteiger partial charge in [-0.3, -0.25) is 0 Å². The zero-order valence-corrected chi connectivity index (χ0v) is 13.0. The van der Waals surface area contributed by atoms with Crippen molar-refractivity contribution in [2.24, 2.45) is 0 Å². The second kappa shape index (κ2) is 6.83. The van der Waals surface area contributed by atoms with Crippen LogP contribution >= 0.6 is 27.5 Å². The average Bonchev–Trinajstić information content (AvgIpc) is 2.41. The maximum absolute atomic E-state index is 6.12. The number of anilines is 1. The van der Waals surface area contributed by atoms with Gasteiger partial charge in [0.25, 0.3) is 0 Å². The minimum absolute atomic E-state index is 0.653. The molecule has 0 heterocycles. The van der Waals surface area contributed by atoms with Gasteiger partial charge < -0.3 is 10.1 Å². The van der Waals surface area contributed by atoms with Crippen LogP contribution < -0.4 is 10.1 Å². The molecule has 0 amide bonds. The highest BCUT2D eigenvalue weighted by atomic mass is 79.9. The highest BCUT2D eigenvalue weighted by Gasteiger charge is 2.05. The number of ether oxygens (including phenoxy) is 1. The second-order valence-electron chi connectivity index (χ2n) is 4.02. The molecule has 100 valence electrons. The first kappa shape index (κ1) is 14.2. The van der Waals surface area contributed by atoms with E-state index >= 15 is 0 Å². The summed E-state index contributed by atoms with van der Waals surface area (Å²) in [6, 6.07) is 13.7. The predicted molar refractivity (Wildman–Crippen MR) is 84.1 cm³/mol. The molecule has 0 aliphatic rings. The lowest BCUT2D eigenvalue weighted by molar-refractivity contribution is 0.337. The average molecular weight is 341 g/mol. The summed E-state index contributed by atoms with van der Waals surface area (Å²) in [5, 5.41) is 4.04. The molecule has 2 rings (SSSR count). The SMILES string of the molecule is CCOc1ccc(Br)cc1CNc1ccccc1Cl. The molecule has 0 unspecified atom stereocenters. The molecule has 0 atom stereocenters. The maximum atomic E-state index is 6.12. The summed E-state index contributed by atoms with van der Waals surface area (Å²) in [5.41, 5.74) is 2.02. The van der Waals surface area contributed by atoms with Gasteiger partial charge in [0.15, 0.2) is 0 Å². The van der Waals surface area contributed by atoms with E-state index in [1.807, 2.05) is 43.3 Å². The number of hydrogen-bond acceptors (Lipinski definition) is 2. The van der Waals surface area contributed by atoms with Crippen LogP contribution in [0.5, 0.6) is 5.75 Å². The van der Waals surface area contributed by atoms with Crippen molar-refractivity contribution < 1.29 is 4.74 Å². The van der Waals surface area contributed by atoms with Crippen molar-refractivity contribution in [2.75, 3.05) is 11.9 Å². The van der Waals surface area contributed by atoms with Crippen molar-refractivity contribution in [3.05, 3.63) is 57.5 Å². The second-order valence-corrected chi connectivity index (χ2v) is 5.34. The maximum Gasteiger partial charge on any atom is 0.124 e. The van der Waals surface area contributed by atoms with Gasteiger partial charge in [0, 0.05) is 16.6 Å². The Morgan fingerprint density at radius 2 is 2.00 bits per heavy atom. The number of para-hydroxylation sites is 1. The van der Waals surface area contributed by atoms with Gasteiger partial charge in [-0.25, -0.2) is 0 Å². The highest BCUT2D eigenvalue weighted by molar-refractivity contribution is 9.10. The molecule has 19 heavy (non-hydrogen) atoms. The van der Waals surface area contributed by atoms with E-state index in [2.05, 4.69) is 27.3 Å². The fourth-order valence-corrected chi connectivity index (χ4v) is 2.39. The summed E-state index contributed by atoms with van der Waals surface area (Å²) in [4.78, 5) is 0. The Kier molecular flexibility index (Phi) is 5.11. The molecule has 0 fully saturated rings. The fourth-order valence-electron chi connectivity index (χ4n) is 1.78. The molecule has 2 aromatic carbocycles. The van der Waals surface area contributed by atoms with Crippen molar-refractivity contribution in [3.8, 4) is 5.75 Å². The first-order valence-corrected chi connectivity index (χ1v) is 7.27. The third kappa shape index (κ3) is 3.88. The number of benzene rings is 2. The number of hydrogen-bond donors (Lipinski definition) is 1. The molecule has 2 aromatic rings. The van der Waals surface area contributed by atoms with Crippen LogP contribution in [0.25, 0.3) is 0 Å². The summed E-state index contributed by atoms with van der Waals surface area (Å²) in [7, 11) is 0. The van der Waals surface area contributed by atoms with Crippen LogP contribution in [0.2, 0.25) is 5.02 Å². The largest absolute Gasteiger partial charge is 0.494 e. The Balaban J connectivity index is 2.14. The van der Waals surface area contributed by atoms with Crippen molar-refractivity contribution >= 4 is 33.2 Å². The Hall–Kier alpha value is -1.19. The molecule has 2 nitrogen and oxygen atoms in total. The van der Waals surface area contributed by atoms with Crippen LogP contribution in [0, 0.1) is 0 Å². The van der Waals surface area contributed by atoms with Crippen LogP contribution in [0.3, 0.4) is 0 Å². The summed E-state index contributed by atoms with van der Waals surface area (Å²) in [5.74, 6) is 0.894. The molecule has 0 aliphatic carbocycles. The van der Waals surface area contributed by atoms with E-state index < -0.39 is 0 Å². The quantitative estimate of drug-likeness (QED) is 0.816. The van der Waals surface area contributed by atoms with Gasteiger partial charge in [-0.05, 0) is 37.3 Å². The predicted octanol–water partition coefficient (Wildman–Crippen LogP) is 5.11. The van der Waals surface area contributed by atoms with Gasteiger partial charge in [0.2, 0.25) is 0 Å². The molecule has 4 heteroatoms. The highest BCUT2D eigenvalue weighted by Crippen LogP contribution is 2.26. The fraction of sp³-hybridized carbons (Fsp3) is 0.200. The van der Waals surface area contributed by atoms with Gasteiger partial charge in [0.1, 0.15) is 5.75 Å². The Labute approximate surface area is 126 Å². The van der Waals surface area contributed by atoms with Gasteiger partial charge in [-0.1, -0.05) is 39.7 Å². The first-order chi connectivity index (χ1) is 9.20. The van der Waals surface area contributed by atoms with E-state index in [-0.39, 0.29) is 0 Å². The molecule has 0 aromatic heterocycles. The van der Waals surface area contributed by atoms with E-state index in [0.29, 0.717) is 13.2 Å². The molecule has 0 aliphatic heterocycles. The van der Waals surface area contributed by atoms with Crippen molar-refractivity contribution in [3.63, 3.8) is 0 Å². The van der Waals surface area contributed by atoms with E-state index in [9.17, 15) is 0 Å². The standard InChI is InChI=1S/C15H15BrClNO/c1-2-19-15-8-7-12(16)9-11(15)10-18-14-6-4-3-5-13(14)17/h3-9,18H,2,10H2,1H3. The monoisotopic (exact) mass is 339 g/mol. The third-order valence-corrected chi connectivity index (χ3v) is 3.49. The van der Waals surface area contributed by atoms with Crippen LogP contribution in [-0.4, -0.2) is 6.61 Å². The van der Waals surface area contributed by atoms with Crippen LogP contribution in [-0.2, 0) is 6.54 Å². The summed E-state index contributed by atoms with van der Waals surface area (Å²) in [6.45, 7) is 3.30. The lowest BCUT2D eigenvalue weighted by Crippen LogP contribution is -2.03. The van der Waals surface area contributed by atoms with E-state index in [0.717, 1.165) is 26.5 Å². The molecule has 0 bridgehead atoms. The zero-order chi connectivity index (χ0) is 13.7. The molecule has 0 saturated heterocycles. The van der Waals surface area contributed by atoms with Gasteiger partial charge in [0.05, 0.1) is 17.3 Å². The van der Waals surface area contributed by atoms with Crippen molar-refractivity contribution in [1.82, 2.24) is 0 Å². The normalized spacial score (nSPS) is 10.3. The van der Waals surface area contributed by atoms with Crippen molar-refractivity contribution in [2.45, 2.75) is 13.5 Å². The Morgan fingerprint density at radius 3 is 2.74 bits per heavy atom. The van der Waals surface area contributed by atoms with Crippen LogP contribution in [0.1, 0.15) is 12.5 Å². The van der Waals surface area contributed by atoms with Gasteiger partial charge >= 0.3 is 0 Å². The van der Waals surface area contributed by atoms with E-state index in [4.69, 9.17) is 16.3 Å². The molecular formula is C15H15BrClNO. The number of rotatable bonds is 5. The van der Waals surface area contributed by atoms with Gasteiger partial charge in [-0.2, -0.15) is 0 Å². The summed E-state index contributed by atoms with van der Waals surface area (Å²) < 4.78 is 6.65. The van der Waals surface area contributed by atoms with Crippen LogP contribution in [0.15, 0.2) is 46.9 Å². The zero-order valence-electron chi connectivity index (χ0n) is 10.6. The van der Waals surface area contributed by atoms with Crippen molar-refractivity contribution in [1.29, 1.82) is 0 Å². The molecule has 0 radical (unpaired) electrons. The first-order valence-electron chi connectivity index (χ1n) is 6.10. The topological polar surface area (TPSA) is 21.3 Å². The molecular weight excluding hydrogens is 326 g/mol. The lowest BCUT2D eigenvalue weighted by atomic mass is 10.2. The smallest absolute Gasteiger partial charge is 0.124 e. The number of halogens is 2. The van der Waals surface area contributed by atoms with E-state index in [1.54, 1.807) is 0 Å². The Bertz CT molecular complexity index is 560. The summed E-state index contributed by atoms with van der Waals surface area (Å²) in [6.07, 6.45) is 0. The minimum atomic E-state index is 0.653. The minimum Gasteiger partial charge on any atom is -0.494 e. The van der Waals surface area contributed by atoms with E-state index in [1.165, 1.54) is 0 Å². The van der Waals surface area contributed by atoms with Gasteiger partial charge in [-0.15, -0.1) is 0 Å². The Morgan fingerprint density at radius 1 is 1.21 bits per heavy atom. The lowest BCUT2D eigenvalue weighted by Gasteiger charge is -2.13.